The Balaban J connectivity index is 3.14. The van der Waals surface area contributed by atoms with Crippen molar-refractivity contribution in [2.24, 2.45) is 0 Å². The lowest BCUT2D eigenvalue weighted by atomic mass is 10.1. The van der Waals surface area contributed by atoms with Crippen LogP contribution in [0.1, 0.15) is 24.2 Å². The minimum atomic E-state index is -3.53. The van der Waals surface area contributed by atoms with Crippen molar-refractivity contribution in [2.75, 3.05) is 17.5 Å². The summed E-state index contributed by atoms with van der Waals surface area (Å²) in [7, 11) is -2.17. The number of carbonyl (C=O) groups is 2. The van der Waals surface area contributed by atoms with E-state index in [9.17, 15) is 18.0 Å². The molecule has 1 amide bonds. The van der Waals surface area contributed by atoms with Gasteiger partial charge in [0.25, 0.3) is 5.91 Å². The molecule has 2 N–H and O–H groups in total. The summed E-state index contributed by atoms with van der Waals surface area (Å²) in [6, 6.07) is 5.05. The Morgan fingerprint density at radius 2 is 1.90 bits per heavy atom. The van der Waals surface area contributed by atoms with Gasteiger partial charge < -0.3 is 10.0 Å². The number of carboxylic acid groups (broad SMARTS) is 1. The van der Waals surface area contributed by atoms with Gasteiger partial charge in [0.05, 0.1) is 17.0 Å². The summed E-state index contributed by atoms with van der Waals surface area (Å²) in [5.74, 6) is -1.84. The molecule has 1 atom stereocenters. The third-order valence-corrected chi connectivity index (χ3v) is 4.35. The van der Waals surface area contributed by atoms with Crippen LogP contribution in [0.2, 0.25) is 0 Å². The van der Waals surface area contributed by atoms with Crippen molar-refractivity contribution in [2.45, 2.75) is 19.9 Å². The Hall–Kier alpha value is -2.09. The van der Waals surface area contributed by atoms with Crippen molar-refractivity contribution in [3.8, 4) is 0 Å². The molecule has 0 radical (unpaired) electrons. The van der Waals surface area contributed by atoms with Crippen LogP contribution in [0.25, 0.3) is 0 Å². The average Bonchev–Trinajstić information content (AvgIpc) is 2.45. The smallest absolute Gasteiger partial charge is 0.326 e. The summed E-state index contributed by atoms with van der Waals surface area (Å²) in [5.41, 5.74) is 0.235. The van der Waals surface area contributed by atoms with Crippen LogP contribution in [0, 0.1) is 0 Å². The van der Waals surface area contributed by atoms with Crippen molar-refractivity contribution >= 4 is 27.6 Å². The quantitative estimate of drug-likeness (QED) is 0.815. The standard InChI is InChI=1S/C13H18N2O5S/c1-4-21(19,20)14-11-8-6-5-7-10(11)12(16)15(3)9(2)13(17)18/h5-9,14H,4H2,1-3H3,(H,17,18). The highest BCUT2D eigenvalue weighted by Crippen LogP contribution is 2.19. The topological polar surface area (TPSA) is 104 Å². The van der Waals surface area contributed by atoms with Crippen LogP contribution in [-0.4, -0.2) is 49.1 Å². The van der Waals surface area contributed by atoms with Gasteiger partial charge in [0, 0.05) is 7.05 Å². The first-order valence-electron chi connectivity index (χ1n) is 6.29. The predicted molar refractivity (Wildman–Crippen MR) is 78.7 cm³/mol. The van der Waals surface area contributed by atoms with Gasteiger partial charge in [-0.1, -0.05) is 12.1 Å². The molecule has 0 heterocycles. The molecule has 0 saturated carbocycles. The number of benzene rings is 1. The summed E-state index contributed by atoms with van der Waals surface area (Å²) in [6.07, 6.45) is 0. The second kappa shape index (κ2) is 6.57. The van der Waals surface area contributed by atoms with Gasteiger partial charge in [0.1, 0.15) is 6.04 Å². The number of carbonyl (C=O) groups excluding carboxylic acids is 1. The molecule has 0 bridgehead atoms. The SMILES string of the molecule is CCS(=O)(=O)Nc1ccccc1C(=O)N(C)C(C)C(=O)O. The van der Waals surface area contributed by atoms with Gasteiger partial charge in [0.2, 0.25) is 10.0 Å². The van der Waals surface area contributed by atoms with Crippen LogP contribution in [0.5, 0.6) is 0 Å². The maximum atomic E-state index is 12.3. The first-order chi connectivity index (χ1) is 9.69. The van der Waals surface area contributed by atoms with Gasteiger partial charge >= 0.3 is 5.97 Å². The molecule has 1 rings (SSSR count). The normalized spacial score (nSPS) is 12.5. The molecule has 0 aliphatic carbocycles. The van der Waals surface area contributed by atoms with Crippen LogP contribution in [-0.2, 0) is 14.8 Å². The number of nitrogens with one attached hydrogen (secondary N) is 1. The second-order valence-corrected chi connectivity index (χ2v) is 6.49. The molecular weight excluding hydrogens is 296 g/mol. The van der Waals surface area contributed by atoms with E-state index in [1.807, 2.05) is 0 Å². The first kappa shape index (κ1) is 17.0. The van der Waals surface area contributed by atoms with E-state index in [0.717, 1.165) is 4.90 Å². The molecular formula is C13H18N2O5S. The molecule has 0 aliphatic rings. The number of aliphatic carboxylic acids is 1. The molecule has 8 heteroatoms. The molecule has 0 spiro atoms. The van der Waals surface area contributed by atoms with Crippen LogP contribution >= 0.6 is 0 Å². The highest BCUT2D eigenvalue weighted by Gasteiger charge is 2.25. The van der Waals surface area contributed by atoms with E-state index in [4.69, 9.17) is 5.11 Å². The predicted octanol–water partition coefficient (Wildman–Crippen LogP) is 0.993. The third kappa shape index (κ3) is 4.19. The van der Waals surface area contributed by atoms with Gasteiger partial charge in [-0.15, -0.1) is 0 Å². The highest BCUT2D eigenvalue weighted by atomic mass is 32.2. The zero-order chi connectivity index (χ0) is 16.2. The molecule has 7 nitrogen and oxygen atoms in total. The van der Waals surface area contributed by atoms with E-state index >= 15 is 0 Å². The number of amides is 1. The number of anilines is 1. The number of para-hydroxylation sites is 1. The third-order valence-electron chi connectivity index (χ3n) is 3.06. The van der Waals surface area contributed by atoms with E-state index in [1.54, 1.807) is 12.1 Å². The fraction of sp³-hybridized carbons (Fsp3) is 0.385. The summed E-state index contributed by atoms with van der Waals surface area (Å²) < 4.78 is 25.6. The number of rotatable bonds is 6. The lowest BCUT2D eigenvalue weighted by Crippen LogP contribution is -2.40. The van der Waals surface area contributed by atoms with Gasteiger partial charge in [0.15, 0.2) is 0 Å². The molecule has 1 aromatic carbocycles. The zero-order valence-corrected chi connectivity index (χ0v) is 12.8. The maximum Gasteiger partial charge on any atom is 0.326 e. The zero-order valence-electron chi connectivity index (χ0n) is 12.0. The Labute approximate surface area is 123 Å². The Morgan fingerprint density at radius 1 is 1.33 bits per heavy atom. The van der Waals surface area contributed by atoms with Gasteiger partial charge in [-0.2, -0.15) is 0 Å². The number of nitrogens with zero attached hydrogens (tertiary/aromatic N) is 1. The molecule has 0 fully saturated rings. The van der Waals surface area contributed by atoms with Crippen molar-refractivity contribution in [3.63, 3.8) is 0 Å². The molecule has 21 heavy (non-hydrogen) atoms. The number of hydrogen-bond acceptors (Lipinski definition) is 4. The van der Waals surface area contributed by atoms with E-state index in [-0.39, 0.29) is 17.0 Å². The summed E-state index contributed by atoms with van der Waals surface area (Å²) in [5, 5.41) is 8.94. The number of hydrogen-bond donors (Lipinski definition) is 2. The minimum absolute atomic E-state index is 0.102. The Kier molecular flexibility index (Phi) is 5.31. The van der Waals surface area contributed by atoms with Gasteiger partial charge in [-0.25, -0.2) is 13.2 Å². The largest absolute Gasteiger partial charge is 0.480 e. The van der Waals surface area contributed by atoms with E-state index < -0.39 is 27.9 Å². The number of sulfonamides is 1. The number of likely N-dealkylation sites (N-methyl/N-ethyl adjacent to an activating group) is 1. The molecule has 0 saturated heterocycles. The van der Waals surface area contributed by atoms with Crippen LogP contribution in [0.4, 0.5) is 5.69 Å². The van der Waals surface area contributed by atoms with Crippen LogP contribution in [0.3, 0.4) is 0 Å². The lowest BCUT2D eigenvalue weighted by Gasteiger charge is -2.22. The number of carboxylic acids is 1. The van der Waals surface area contributed by atoms with Crippen molar-refractivity contribution in [3.05, 3.63) is 29.8 Å². The first-order valence-corrected chi connectivity index (χ1v) is 7.94. The van der Waals surface area contributed by atoms with Crippen LogP contribution in [0.15, 0.2) is 24.3 Å². The summed E-state index contributed by atoms with van der Waals surface area (Å²) in [6.45, 7) is 2.85. The van der Waals surface area contributed by atoms with Crippen LogP contribution < -0.4 is 4.72 Å². The summed E-state index contributed by atoms with van der Waals surface area (Å²) in [4.78, 5) is 24.3. The minimum Gasteiger partial charge on any atom is -0.480 e. The van der Waals surface area contributed by atoms with Crippen molar-refractivity contribution in [1.82, 2.24) is 4.90 Å². The molecule has 0 aromatic heterocycles. The van der Waals surface area contributed by atoms with E-state index in [0.29, 0.717) is 0 Å². The molecule has 1 unspecified atom stereocenters. The Morgan fingerprint density at radius 3 is 2.43 bits per heavy atom. The second-order valence-electron chi connectivity index (χ2n) is 4.48. The fourth-order valence-corrected chi connectivity index (χ4v) is 2.19. The van der Waals surface area contributed by atoms with E-state index in [1.165, 1.54) is 33.0 Å². The van der Waals surface area contributed by atoms with E-state index in [2.05, 4.69) is 4.72 Å². The van der Waals surface area contributed by atoms with Gasteiger partial charge in [-0.05, 0) is 26.0 Å². The fourth-order valence-electron chi connectivity index (χ4n) is 1.53. The monoisotopic (exact) mass is 314 g/mol. The molecule has 116 valence electrons. The summed E-state index contributed by atoms with van der Waals surface area (Å²) >= 11 is 0. The van der Waals surface area contributed by atoms with Crippen molar-refractivity contribution < 1.29 is 23.1 Å². The molecule has 1 aromatic rings. The Bertz CT molecular complexity index is 642. The maximum absolute atomic E-state index is 12.3. The van der Waals surface area contributed by atoms with Gasteiger partial charge in [-0.3, -0.25) is 9.52 Å². The average molecular weight is 314 g/mol. The van der Waals surface area contributed by atoms with Crippen molar-refractivity contribution in [1.29, 1.82) is 0 Å². The molecule has 0 aliphatic heterocycles. The lowest BCUT2D eigenvalue weighted by molar-refractivity contribution is -0.141. The highest BCUT2D eigenvalue weighted by molar-refractivity contribution is 7.92.